The number of nitrogens with zero attached hydrogens (tertiary/aromatic N) is 1. The van der Waals surface area contributed by atoms with E-state index < -0.39 is 0 Å². The highest BCUT2D eigenvalue weighted by Crippen LogP contribution is 2.22. The molecule has 16 heavy (non-hydrogen) atoms. The molecular weight excluding hydrogens is 222 g/mol. The number of anilines is 1. The molecule has 0 saturated heterocycles. The highest BCUT2D eigenvalue weighted by molar-refractivity contribution is 7.15. The zero-order valence-corrected chi connectivity index (χ0v) is 10.9. The van der Waals surface area contributed by atoms with Crippen molar-refractivity contribution in [1.29, 1.82) is 0 Å². The molecule has 1 heterocycles. The van der Waals surface area contributed by atoms with Crippen molar-refractivity contribution < 1.29 is 4.79 Å². The summed E-state index contributed by atoms with van der Waals surface area (Å²) in [5.41, 5.74) is 6.77. The number of hydrogen-bond donors (Lipinski definition) is 2. The molecule has 0 aliphatic rings. The highest BCUT2D eigenvalue weighted by atomic mass is 32.1. The second-order valence-electron chi connectivity index (χ2n) is 3.80. The summed E-state index contributed by atoms with van der Waals surface area (Å²) in [5.74, 6) is -0.0502. The van der Waals surface area contributed by atoms with Gasteiger partial charge >= 0.3 is 0 Å². The van der Waals surface area contributed by atoms with Gasteiger partial charge in [0.2, 0.25) is 5.91 Å². The quantitative estimate of drug-likeness (QED) is 0.829. The summed E-state index contributed by atoms with van der Waals surface area (Å²) in [7, 11) is 0. The van der Waals surface area contributed by atoms with Crippen LogP contribution in [0.2, 0.25) is 0 Å². The average molecular weight is 241 g/mol. The van der Waals surface area contributed by atoms with E-state index in [0.717, 1.165) is 23.4 Å². The third-order valence-corrected chi connectivity index (χ3v) is 3.37. The molecule has 1 amide bonds. The summed E-state index contributed by atoms with van der Waals surface area (Å²) >= 11 is 1.52. The predicted octanol–water partition coefficient (Wildman–Crippen LogP) is 2.08. The van der Waals surface area contributed by atoms with Crippen molar-refractivity contribution in [2.75, 3.05) is 5.32 Å². The van der Waals surface area contributed by atoms with E-state index in [2.05, 4.69) is 17.2 Å². The van der Waals surface area contributed by atoms with Gasteiger partial charge in [0, 0.05) is 17.3 Å². The Morgan fingerprint density at radius 2 is 2.25 bits per heavy atom. The van der Waals surface area contributed by atoms with Gasteiger partial charge in [-0.05, 0) is 19.8 Å². The van der Waals surface area contributed by atoms with E-state index in [1.807, 2.05) is 13.8 Å². The predicted molar refractivity (Wildman–Crippen MR) is 67.7 cm³/mol. The number of nitrogens with one attached hydrogen (secondary N) is 1. The van der Waals surface area contributed by atoms with Crippen LogP contribution >= 0.6 is 11.3 Å². The van der Waals surface area contributed by atoms with Crippen LogP contribution in [-0.2, 0) is 11.2 Å². The molecule has 1 aromatic rings. The molecular formula is C11H19N3OS. The maximum atomic E-state index is 11.6. The Labute approximate surface area is 100 Å². The molecule has 0 spiro atoms. The summed E-state index contributed by atoms with van der Waals surface area (Å²) in [5, 5.41) is 3.47. The zero-order valence-electron chi connectivity index (χ0n) is 10.0. The van der Waals surface area contributed by atoms with Crippen LogP contribution in [0.5, 0.6) is 0 Å². The van der Waals surface area contributed by atoms with Crippen LogP contribution in [0.15, 0.2) is 0 Å². The third kappa shape index (κ3) is 3.57. The van der Waals surface area contributed by atoms with E-state index in [-0.39, 0.29) is 11.9 Å². The molecule has 4 nitrogen and oxygen atoms in total. The molecule has 5 heteroatoms. The smallest absolute Gasteiger partial charge is 0.227 e. The number of aryl methyl sites for hydroxylation is 2. The molecule has 1 rings (SSSR count). The molecule has 0 saturated carbocycles. The van der Waals surface area contributed by atoms with E-state index in [1.54, 1.807) is 0 Å². The topological polar surface area (TPSA) is 68.0 Å². The van der Waals surface area contributed by atoms with Crippen molar-refractivity contribution in [3.63, 3.8) is 0 Å². The molecule has 90 valence electrons. The minimum atomic E-state index is -0.0632. The van der Waals surface area contributed by atoms with E-state index in [9.17, 15) is 4.79 Å². The van der Waals surface area contributed by atoms with Gasteiger partial charge in [0.25, 0.3) is 0 Å². The van der Waals surface area contributed by atoms with Crippen LogP contribution in [0.25, 0.3) is 0 Å². The first kappa shape index (κ1) is 13.1. The van der Waals surface area contributed by atoms with Crippen LogP contribution in [0, 0.1) is 6.92 Å². The lowest BCUT2D eigenvalue weighted by Crippen LogP contribution is -2.26. The largest absolute Gasteiger partial charge is 0.327 e. The van der Waals surface area contributed by atoms with E-state index in [1.165, 1.54) is 11.3 Å². The molecule has 1 unspecified atom stereocenters. The Morgan fingerprint density at radius 1 is 1.56 bits per heavy atom. The number of hydrogen-bond acceptors (Lipinski definition) is 4. The summed E-state index contributed by atoms with van der Waals surface area (Å²) in [6.45, 7) is 6.05. The van der Waals surface area contributed by atoms with Gasteiger partial charge in [0.05, 0.1) is 5.69 Å². The highest BCUT2D eigenvalue weighted by Gasteiger charge is 2.11. The fourth-order valence-electron chi connectivity index (χ4n) is 1.36. The summed E-state index contributed by atoms with van der Waals surface area (Å²) in [6.07, 6.45) is 2.06. The van der Waals surface area contributed by atoms with Crippen LogP contribution in [0.1, 0.15) is 37.3 Å². The number of amides is 1. The van der Waals surface area contributed by atoms with Crippen molar-refractivity contribution in [3.05, 3.63) is 10.6 Å². The first-order valence-corrected chi connectivity index (χ1v) is 6.40. The zero-order chi connectivity index (χ0) is 12.1. The number of nitrogens with two attached hydrogens (primary N) is 1. The van der Waals surface area contributed by atoms with Gasteiger partial charge < -0.3 is 11.1 Å². The molecule has 0 fully saturated rings. The number of carbonyl (C=O) groups is 1. The Balaban J connectivity index is 2.56. The molecule has 0 aliphatic heterocycles. The van der Waals surface area contributed by atoms with Crippen LogP contribution in [0.3, 0.4) is 0 Å². The molecule has 0 aliphatic carbocycles. The molecule has 1 atom stereocenters. The molecule has 0 bridgehead atoms. The average Bonchev–Trinajstić information content (AvgIpc) is 2.58. The van der Waals surface area contributed by atoms with Crippen molar-refractivity contribution in [2.45, 2.75) is 46.1 Å². The monoisotopic (exact) mass is 241 g/mol. The first-order valence-electron chi connectivity index (χ1n) is 5.58. The van der Waals surface area contributed by atoms with Gasteiger partial charge in [-0.1, -0.05) is 13.8 Å². The van der Waals surface area contributed by atoms with Crippen LogP contribution in [0.4, 0.5) is 5.13 Å². The third-order valence-electron chi connectivity index (χ3n) is 2.45. The normalized spacial score (nSPS) is 12.5. The number of carbonyl (C=O) groups excluding carboxylic acids is 1. The summed E-state index contributed by atoms with van der Waals surface area (Å²) in [4.78, 5) is 17.1. The molecule has 0 radical (unpaired) electrons. The Morgan fingerprint density at radius 3 is 2.75 bits per heavy atom. The van der Waals surface area contributed by atoms with Crippen LogP contribution < -0.4 is 11.1 Å². The van der Waals surface area contributed by atoms with Gasteiger partial charge in [-0.2, -0.15) is 0 Å². The Bertz CT molecular complexity index is 362. The molecule has 3 N–H and O–H groups in total. The standard InChI is InChI=1S/C11H19N3OS/c1-4-8(12)6-10(15)14-11-13-9(5-2)7(3)16-11/h8H,4-6,12H2,1-3H3,(H,13,14,15). The van der Waals surface area contributed by atoms with Crippen molar-refractivity contribution >= 4 is 22.4 Å². The summed E-state index contributed by atoms with van der Waals surface area (Å²) in [6, 6.07) is -0.0632. The number of thiazole rings is 1. The van der Waals surface area contributed by atoms with Gasteiger partial charge in [-0.15, -0.1) is 11.3 Å². The Hall–Kier alpha value is -0.940. The number of aromatic nitrogens is 1. The van der Waals surface area contributed by atoms with Gasteiger partial charge in [-0.3, -0.25) is 4.79 Å². The van der Waals surface area contributed by atoms with Crippen molar-refractivity contribution in [2.24, 2.45) is 5.73 Å². The summed E-state index contributed by atoms with van der Waals surface area (Å²) < 4.78 is 0. The first-order chi connectivity index (χ1) is 7.56. The van der Waals surface area contributed by atoms with Gasteiger partial charge in [-0.25, -0.2) is 4.98 Å². The number of rotatable bonds is 5. The van der Waals surface area contributed by atoms with Gasteiger partial charge in [0.15, 0.2) is 5.13 Å². The molecule has 0 aromatic carbocycles. The second kappa shape index (κ2) is 5.96. The molecule has 1 aromatic heterocycles. The lowest BCUT2D eigenvalue weighted by atomic mass is 10.2. The lowest BCUT2D eigenvalue weighted by molar-refractivity contribution is -0.116. The Kier molecular flexibility index (Phi) is 4.89. The minimum absolute atomic E-state index is 0.0502. The van der Waals surface area contributed by atoms with Gasteiger partial charge in [0.1, 0.15) is 0 Å². The fourth-order valence-corrected chi connectivity index (χ4v) is 2.28. The maximum absolute atomic E-state index is 11.6. The van der Waals surface area contributed by atoms with E-state index in [4.69, 9.17) is 5.73 Å². The van der Waals surface area contributed by atoms with Crippen molar-refractivity contribution in [3.8, 4) is 0 Å². The maximum Gasteiger partial charge on any atom is 0.227 e. The minimum Gasteiger partial charge on any atom is -0.327 e. The van der Waals surface area contributed by atoms with Crippen LogP contribution in [-0.4, -0.2) is 16.9 Å². The second-order valence-corrected chi connectivity index (χ2v) is 5.00. The SMILES string of the molecule is CCc1nc(NC(=O)CC(N)CC)sc1C. The fraction of sp³-hybridized carbons (Fsp3) is 0.636. The van der Waals surface area contributed by atoms with E-state index >= 15 is 0 Å². The van der Waals surface area contributed by atoms with E-state index in [0.29, 0.717) is 11.6 Å². The van der Waals surface area contributed by atoms with Crippen molar-refractivity contribution in [1.82, 2.24) is 4.98 Å². The lowest BCUT2D eigenvalue weighted by Gasteiger charge is -2.07.